The molecular weight excluding hydrogens is 1860 g/mol. The summed E-state index contributed by atoms with van der Waals surface area (Å²) < 4.78 is 31.7. The van der Waals surface area contributed by atoms with Gasteiger partial charge in [0.2, 0.25) is 106 Å². The van der Waals surface area contributed by atoms with Gasteiger partial charge in [0.15, 0.2) is 17.9 Å². The molecule has 0 aliphatic carbocycles. The molecule has 0 saturated heterocycles. The van der Waals surface area contributed by atoms with Gasteiger partial charge in [-0.15, -0.1) is 0 Å². The molecule has 2 rings (SSSR count). The minimum absolute atomic E-state index is 0. The fourth-order valence-electron chi connectivity index (χ4n) is 12.2. The monoisotopic (exact) mass is 2000 g/mol. The second kappa shape index (κ2) is 63.5. The summed E-state index contributed by atoms with van der Waals surface area (Å²) in [5, 5.41) is 126. The number of hydrogen-bond donors (Lipinski definition) is 34. The first-order chi connectivity index (χ1) is 64.9. The molecule has 0 aliphatic rings. The molecule has 0 fully saturated rings. The van der Waals surface area contributed by atoms with Crippen molar-refractivity contribution in [1.82, 2.24) is 101 Å². The van der Waals surface area contributed by atoms with Crippen LogP contribution in [-0.4, -0.2) is 315 Å². The Kier molecular flexibility index (Phi) is 56.7. The minimum atomic E-state index is -5.08. The van der Waals surface area contributed by atoms with Gasteiger partial charge in [0.05, 0.1) is 44.7 Å². The van der Waals surface area contributed by atoms with Crippen molar-refractivity contribution in [3.63, 3.8) is 0 Å². The highest BCUT2D eigenvalue weighted by Gasteiger charge is 2.41. The molecule has 0 radical (unpaired) electrons. The van der Waals surface area contributed by atoms with Gasteiger partial charge in [-0.3, -0.25) is 107 Å². The fraction of sp³-hybridized carbons (Fsp3) is 0.578. The number of amides is 18. The lowest BCUT2D eigenvalue weighted by Gasteiger charge is -2.29. The van der Waals surface area contributed by atoms with Crippen molar-refractivity contribution in [3.8, 4) is 5.75 Å². The number of halogens is 3. The zero-order valence-electron chi connectivity index (χ0n) is 77.8. The third-order valence-corrected chi connectivity index (χ3v) is 20.5. The van der Waals surface area contributed by atoms with Gasteiger partial charge in [0.25, 0.3) is 0 Å². The number of nitrogens with two attached hydrogens (primary N) is 6. The number of alkyl halides is 3. The van der Waals surface area contributed by atoms with Crippen LogP contribution >= 0.6 is 0 Å². The zero-order chi connectivity index (χ0) is 106. The number of hydrogen-bond acceptors (Lipinski definition) is 28. The Morgan fingerprint density at radius 3 is 1.11 bits per heavy atom. The number of primary amides is 2. The molecule has 2 aromatic rings. The van der Waals surface area contributed by atoms with E-state index in [2.05, 4.69) is 101 Å². The summed E-state index contributed by atoms with van der Waals surface area (Å²) in [6.07, 6.45) is -10.9. The molecule has 0 unspecified atom stereocenters. The van der Waals surface area contributed by atoms with Crippen LogP contribution in [0.15, 0.2) is 54.6 Å². The topological polar surface area (TPSA) is 919 Å². The number of guanidine groups is 3. The Hall–Kier alpha value is -14.9. The maximum atomic E-state index is 14.5. The number of aliphatic hydroxyl groups excluding tert-OH is 3. The van der Waals surface area contributed by atoms with Crippen molar-refractivity contribution in [1.29, 1.82) is 16.2 Å². The van der Waals surface area contributed by atoms with Gasteiger partial charge in [-0.05, 0) is 108 Å². The molecule has 0 aromatic heterocycles. The van der Waals surface area contributed by atoms with E-state index in [0.717, 1.165) is 13.8 Å². The van der Waals surface area contributed by atoms with Crippen LogP contribution in [0.25, 0.3) is 0 Å². The Morgan fingerprint density at radius 2 is 0.707 bits per heavy atom. The Bertz CT molecular complexity index is 4560. The number of carboxylic acids is 2. The number of benzene rings is 2. The normalized spacial score (nSPS) is 14.9. The molecule has 784 valence electrons. The Morgan fingerprint density at radius 1 is 0.379 bits per heavy atom. The summed E-state index contributed by atoms with van der Waals surface area (Å²) in [6.45, 7) is 9.19. The van der Waals surface area contributed by atoms with Crippen molar-refractivity contribution in [2.45, 2.75) is 256 Å². The zero-order valence-corrected chi connectivity index (χ0v) is 77.8. The van der Waals surface area contributed by atoms with Gasteiger partial charge in [-0.1, -0.05) is 90.4 Å². The van der Waals surface area contributed by atoms with E-state index in [4.69, 9.17) is 60.5 Å². The molecule has 140 heavy (non-hydrogen) atoms. The maximum Gasteiger partial charge on any atom is 0.490 e. The van der Waals surface area contributed by atoms with E-state index in [0.29, 0.717) is 17.5 Å². The van der Waals surface area contributed by atoms with Crippen LogP contribution < -0.4 is 135 Å². The number of rotatable bonds is 60. The highest BCUT2D eigenvalue weighted by atomic mass is 19.4. The average Bonchev–Trinajstić information content (AvgIpc) is 0.823. The number of aromatic hydroxyl groups is 1. The number of carbonyl (C=O) groups is 20. The SMILES string of the molecule is C.CC[C@H](C)[C@H](NC(=O)[C@H](C)NC(=O)[C@H](CC(N)=O)NC(=O)[C@H](CCCNC(=N)N)NC(=O)[C@H](CCCNC(=N)N)NC(=O)CNC(=O)[C@@H](NC(=O)[C@H](CCCNC(=N)N)NC(=O)CNC(=O)[C@H](CO)NC(=O)[C@H](C)NC(=O)[C@@H](NC(=O)[C@H](Cc1ccccc1)NC(=O)[C@H](CC(=O)O)NC(=O)[C@H](C)NC(=O)[C@H](Cc1ccc(O)cc1)NC(=O)[C@@H](N)[C@@H](C)O)[C@@H](C)CC)[C@@H](C)O)C(N)=O.O=C(O)C(F)(F)F. The van der Waals surface area contributed by atoms with Crippen molar-refractivity contribution in [2.75, 3.05) is 39.3 Å². The number of aliphatic hydroxyl groups is 3. The number of phenols is 1. The Balaban J connectivity index is 0.0000232. The van der Waals surface area contributed by atoms with Gasteiger partial charge in [0.1, 0.15) is 96.4 Å². The average molecular weight is 2000 g/mol. The smallest absolute Gasteiger partial charge is 0.490 e. The van der Waals surface area contributed by atoms with E-state index in [1.807, 2.05) is 0 Å². The van der Waals surface area contributed by atoms with Gasteiger partial charge < -0.3 is 166 Å². The first-order valence-electron chi connectivity index (χ1n) is 43.5. The van der Waals surface area contributed by atoms with Crippen LogP contribution in [0.4, 0.5) is 13.2 Å². The van der Waals surface area contributed by atoms with Crippen LogP contribution in [0.3, 0.4) is 0 Å². The summed E-state index contributed by atoms with van der Waals surface area (Å²) in [7, 11) is 0. The first kappa shape index (κ1) is 125. The summed E-state index contributed by atoms with van der Waals surface area (Å²) in [5.74, 6) is -26.3. The van der Waals surface area contributed by atoms with E-state index in [1.54, 1.807) is 58.0 Å². The van der Waals surface area contributed by atoms with Crippen molar-refractivity contribution in [2.24, 2.45) is 46.2 Å². The lowest BCUT2D eigenvalue weighted by atomic mass is 9.96. The second-order valence-electron chi connectivity index (χ2n) is 32.1. The molecule has 0 aliphatic heterocycles. The summed E-state index contributed by atoms with van der Waals surface area (Å²) in [5.41, 5.74) is 33.9. The van der Waals surface area contributed by atoms with Crippen molar-refractivity contribution < 1.29 is 140 Å². The molecular formula is C83H135F3N28O26. The van der Waals surface area contributed by atoms with E-state index in [-0.39, 0.29) is 90.6 Å². The molecule has 19 atom stereocenters. The lowest BCUT2D eigenvalue weighted by Crippen LogP contribution is -2.61. The summed E-state index contributed by atoms with van der Waals surface area (Å²) in [4.78, 5) is 267. The van der Waals surface area contributed by atoms with Gasteiger partial charge in [-0.25, -0.2) is 4.79 Å². The molecule has 0 bridgehead atoms. The summed E-state index contributed by atoms with van der Waals surface area (Å²) >= 11 is 0. The number of phenolic OH excluding ortho intramolecular Hbond substituents is 1. The Labute approximate surface area is 802 Å². The van der Waals surface area contributed by atoms with E-state index < -0.39 is 290 Å². The highest BCUT2D eigenvalue weighted by molar-refractivity contribution is 6.02. The molecule has 57 heteroatoms. The molecule has 0 saturated carbocycles. The second-order valence-corrected chi connectivity index (χ2v) is 32.1. The van der Waals surface area contributed by atoms with Crippen LogP contribution in [0.2, 0.25) is 0 Å². The molecule has 0 heterocycles. The van der Waals surface area contributed by atoms with Crippen LogP contribution in [0, 0.1) is 28.1 Å². The number of aliphatic carboxylic acids is 2. The predicted octanol–water partition coefficient (Wildman–Crippen LogP) is -10.7. The van der Waals surface area contributed by atoms with Crippen molar-refractivity contribution in [3.05, 3.63) is 65.7 Å². The minimum Gasteiger partial charge on any atom is -0.508 e. The molecule has 18 amide bonds. The van der Waals surface area contributed by atoms with Crippen LogP contribution in [-0.2, 0) is 109 Å². The number of nitrogens with one attached hydrogen (secondary N) is 22. The predicted molar refractivity (Wildman–Crippen MR) is 492 cm³/mol. The largest absolute Gasteiger partial charge is 0.508 e. The molecule has 54 nitrogen and oxygen atoms in total. The summed E-state index contributed by atoms with van der Waals surface area (Å²) in [6, 6.07) is -10.6. The van der Waals surface area contributed by atoms with E-state index >= 15 is 0 Å². The fourth-order valence-corrected chi connectivity index (χ4v) is 12.2. The maximum absolute atomic E-state index is 14.5. The van der Waals surface area contributed by atoms with Gasteiger partial charge in [0, 0.05) is 32.5 Å². The standard InChI is InChI=1S/C80H130N28O24.C2HF3O2.CH4/c1-10-37(3)60(63(83)118)106-66(121)41(7)96-72(127)52(32-55(81)113)103-69(124)49(22-17-29-92-80(88)89)100-68(123)47(20-15-27-90-78(84)85)98-57(115)35-94-76(131)62(43(9)111)108-70(125)48(21-16-28-91-79(86)87)99-56(114)34-93-67(122)54(36-109)105-65(120)40(6)97-77(132)61(38(4)11-2)107-74(129)51(30-44-18-13-12-14-19-44)102-73(128)53(33-58(116)117)101-64(119)39(5)95-71(126)50(104-75(130)59(82)42(8)110)31-45-23-25-46(112)26-24-45;3-2(4,5)1(6)7;/h12-14,18-19,23-26,37-43,47-54,59-62,109-112H,10-11,15-17,20-22,27-36,82H2,1-9H3,(H2,81,113)(H2,83,118)(H,93,122)(H,94,131)(H,95,126)(H,96,127)(H,97,132)(H,98,115)(H,99,114)(H,100,123)(H,101,119)(H,102,128)(H,103,124)(H,104,130)(H,105,120)(H,106,121)(H,107,129)(H,108,125)(H,116,117)(H4,84,85,90)(H4,86,87,91)(H4,88,89,92);(H,6,7);1H4/t37-,38-,39-,40-,41-,42+,43+,47-,48-,49-,50-,51-,52-,53-,54-,59-,60-,61-,62-;;/m0../s1. The lowest BCUT2D eigenvalue weighted by molar-refractivity contribution is -0.192. The molecule has 2 aromatic carbocycles. The van der Waals surface area contributed by atoms with Gasteiger partial charge >= 0.3 is 18.1 Å². The van der Waals surface area contributed by atoms with Crippen LogP contribution in [0.1, 0.15) is 145 Å². The van der Waals surface area contributed by atoms with Crippen molar-refractivity contribution >= 4 is 136 Å². The van der Waals surface area contributed by atoms with Crippen LogP contribution in [0.5, 0.6) is 5.75 Å². The number of carboxylic acid groups (broad SMARTS) is 2. The molecule has 0 spiro atoms. The number of carbonyl (C=O) groups excluding carboxylic acids is 18. The highest BCUT2D eigenvalue weighted by Crippen LogP contribution is 2.17. The van der Waals surface area contributed by atoms with E-state index in [1.165, 1.54) is 45.0 Å². The quantitative estimate of drug-likeness (QED) is 0.0166. The van der Waals surface area contributed by atoms with E-state index in [9.17, 15) is 130 Å². The third-order valence-electron chi connectivity index (χ3n) is 20.5. The molecule has 40 N–H and O–H groups in total. The van der Waals surface area contributed by atoms with Gasteiger partial charge in [-0.2, -0.15) is 13.2 Å². The third kappa shape index (κ3) is 48.7. The first-order valence-corrected chi connectivity index (χ1v) is 43.5.